The average Bonchev–Trinajstić information content (AvgIpc) is 2.99. The molecule has 2 aliphatic rings. The average molecular weight is 495 g/mol. The second-order valence-corrected chi connectivity index (χ2v) is 13.2. The standard InChI is InChI=1S/C36H48N/c1-11-14-17-22-35(10)33(6,7)28-23-27-30-21-20-26-18-15-16-19-29(26)37(30)36(12-2,13-3)25(5)31(27)24(4)32(28)34(35,8)9/h15-16,18-21,23H,5,11-14,17,22H2,1-4,6-10H3/q+1. The molecule has 0 N–H and O–H groups in total. The summed E-state index contributed by atoms with van der Waals surface area (Å²) in [6.45, 7) is 27.0. The maximum Gasteiger partial charge on any atom is 0.214 e. The van der Waals surface area contributed by atoms with Crippen molar-refractivity contribution in [2.75, 3.05) is 0 Å². The molecule has 3 aromatic rings. The van der Waals surface area contributed by atoms with Gasteiger partial charge in [0.25, 0.3) is 0 Å². The number of benzene rings is 2. The van der Waals surface area contributed by atoms with Crippen LogP contribution in [0.3, 0.4) is 0 Å². The highest BCUT2D eigenvalue weighted by Crippen LogP contribution is 2.66. The van der Waals surface area contributed by atoms with Gasteiger partial charge in [-0.25, -0.2) is 0 Å². The molecule has 1 unspecified atom stereocenters. The first-order valence-electron chi connectivity index (χ1n) is 14.8. The summed E-state index contributed by atoms with van der Waals surface area (Å²) in [5, 5.41) is 1.30. The van der Waals surface area contributed by atoms with Crippen LogP contribution in [0.4, 0.5) is 0 Å². The molecule has 1 atom stereocenters. The van der Waals surface area contributed by atoms with Crippen molar-refractivity contribution in [3.05, 3.63) is 71.3 Å². The molecule has 2 heterocycles. The molecule has 0 spiro atoms. The summed E-state index contributed by atoms with van der Waals surface area (Å²) in [5.41, 5.74) is 11.6. The highest BCUT2D eigenvalue weighted by Gasteiger charge is 2.61. The molecule has 37 heavy (non-hydrogen) atoms. The van der Waals surface area contributed by atoms with E-state index in [2.05, 4.69) is 109 Å². The maximum atomic E-state index is 4.90. The van der Waals surface area contributed by atoms with Gasteiger partial charge in [0.1, 0.15) is 0 Å². The van der Waals surface area contributed by atoms with Gasteiger partial charge in [-0.15, -0.1) is 0 Å². The van der Waals surface area contributed by atoms with E-state index in [0.29, 0.717) is 0 Å². The first-order chi connectivity index (χ1) is 17.4. The van der Waals surface area contributed by atoms with Crippen LogP contribution in [-0.4, -0.2) is 0 Å². The second kappa shape index (κ2) is 8.55. The van der Waals surface area contributed by atoms with Gasteiger partial charge in [0.05, 0.1) is 5.56 Å². The van der Waals surface area contributed by atoms with E-state index in [4.69, 9.17) is 6.58 Å². The van der Waals surface area contributed by atoms with Gasteiger partial charge in [-0.3, -0.25) is 0 Å². The predicted octanol–water partition coefficient (Wildman–Crippen LogP) is 9.80. The molecule has 2 aromatic carbocycles. The van der Waals surface area contributed by atoms with E-state index in [9.17, 15) is 0 Å². The summed E-state index contributed by atoms with van der Waals surface area (Å²) in [7, 11) is 0. The van der Waals surface area contributed by atoms with Crippen LogP contribution in [0, 0.1) is 12.3 Å². The third kappa shape index (κ3) is 3.12. The smallest absolute Gasteiger partial charge is 0.182 e. The van der Waals surface area contributed by atoms with Crippen LogP contribution < -0.4 is 4.57 Å². The fourth-order valence-electron chi connectivity index (χ4n) is 8.65. The van der Waals surface area contributed by atoms with Gasteiger partial charge in [0.2, 0.25) is 11.2 Å². The van der Waals surface area contributed by atoms with Crippen LogP contribution in [0.2, 0.25) is 0 Å². The number of hydrogen-bond donors (Lipinski definition) is 0. The van der Waals surface area contributed by atoms with Crippen LogP contribution in [0.1, 0.15) is 116 Å². The van der Waals surface area contributed by atoms with Crippen molar-refractivity contribution in [1.82, 2.24) is 0 Å². The van der Waals surface area contributed by atoms with Crippen molar-refractivity contribution in [3.63, 3.8) is 0 Å². The second-order valence-electron chi connectivity index (χ2n) is 13.2. The van der Waals surface area contributed by atoms with Crippen molar-refractivity contribution in [3.8, 4) is 11.3 Å². The summed E-state index contributed by atoms with van der Waals surface area (Å²) in [6, 6.07) is 16.2. The molecular formula is C36H48N+. The number of hydrogen-bond acceptors (Lipinski definition) is 0. The van der Waals surface area contributed by atoms with Gasteiger partial charge in [-0.1, -0.05) is 93.4 Å². The molecular weight excluding hydrogens is 446 g/mol. The third-order valence-corrected chi connectivity index (χ3v) is 11.5. The summed E-state index contributed by atoms with van der Waals surface area (Å²) in [6.07, 6.45) is 7.23. The van der Waals surface area contributed by atoms with E-state index < -0.39 is 0 Å². The molecule has 0 radical (unpaired) electrons. The van der Waals surface area contributed by atoms with Gasteiger partial charge in [0, 0.05) is 41.5 Å². The zero-order chi connectivity index (χ0) is 27.0. The van der Waals surface area contributed by atoms with Gasteiger partial charge >= 0.3 is 0 Å². The predicted molar refractivity (Wildman–Crippen MR) is 160 cm³/mol. The Hall–Kier alpha value is -2.41. The lowest BCUT2D eigenvalue weighted by Crippen LogP contribution is -2.60. The lowest BCUT2D eigenvalue weighted by Gasteiger charge is -2.48. The normalized spacial score (nSPS) is 22.6. The number of unbranched alkanes of at least 4 members (excludes halogenated alkanes) is 2. The number of aromatic nitrogens is 1. The topological polar surface area (TPSA) is 3.88 Å². The Labute approximate surface area is 226 Å². The van der Waals surface area contributed by atoms with E-state index in [1.54, 1.807) is 11.1 Å². The monoisotopic (exact) mass is 494 g/mol. The summed E-state index contributed by atoms with van der Waals surface area (Å²) in [5.74, 6) is 0. The summed E-state index contributed by atoms with van der Waals surface area (Å²) >= 11 is 0. The number of pyridine rings is 1. The van der Waals surface area contributed by atoms with Crippen molar-refractivity contribution in [2.24, 2.45) is 5.41 Å². The molecule has 196 valence electrons. The van der Waals surface area contributed by atoms with Crippen molar-refractivity contribution < 1.29 is 4.57 Å². The molecule has 1 aliphatic carbocycles. The SMILES string of the molecule is C=C1c2c(cc3c(c2C)C(C)(C)C(C)(CCCCC)C3(C)C)-c2ccc3ccccc3[n+]2C1(CC)CC. The fourth-order valence-corrected chi connectivity index (χ4v) is 8.65. The number of allylic oxidation sites excluding steroid dienone is 1. The lowest BCUT2D eigenvalue weighted by atomic mass is 9.56. The Bertz CT molecular complexity index is 1400. The Morgan fingerprint density at radius 3 is 2.16 bits per heavy atom. The molecule has 1 heteroatoms. The quantitative estimate of drug-likeness (QED) is 0.237. The minimum atomic E-state index is -0.120. The Balaban J connectivity index is 1.87. The molecule has 1 nitrogen and oxygen atoms in total. The maximum absolute atomic E-state index is 4.90. The number of rotatable bonds is 6. The minimum Gasteiger partial charge on any atom is -0.182 e. The summed E-state index contributed by atoms with van der Waals surface area (Å²) < 4.78 is 2.65. The van der Waals surface area contributed by atoms with Gasteiger partial charge in [0.15, 0.2) is 5.54 Å². The first kappa shape index (κ1) is 26.2. The van der Waals surface area contributed by atoms with Crippen molar-refractivity contribution in [1.29, 1.82) is 0 Å². The first-order valence-corrected chi connectivity index (χ1v) is 14.8. The highest BCUT2D eigenvalue weighted by atomic mass is 15.1. The van der Waals surface area contributed by atoms with Crippen LogP contribution >= 0.6 is 0 Å². The zero-order valence-electron chi connectivity index (χ0n) is 24.9. The summed E-state index contributed by atoms with van der Waals surface area (Å²) in [4.78, 5) is 0. The highest BCUT2D eigenvalue weighted by molar-refractivity contribution is 5.89. The van der Waals surface area contributed by atoms with Crippen LogP contribution in [-0.2, 0) is 16.4 Å². The zero-order valence-corrected chi connectivity index (χ0v) is 24.9. The Kier molecular flexibility index (Phi) is 6.06. The largest absolute Gasteiger partial charge is 0.214 e. The molecule has 0 saturated carbocycles. The molecule has 5 rings (SSSR count). The Morgan fingerprint density at radius 2 is 1.51 bits per heavy atom. The number of para-hydroxylation sites is 1. The van der Waals surface area contributed by atoms with Crippen LogP contribution in [0.25, 0.3) is 27.7 Å². The van der Waals surface area contributed by atoms with Gasteiger partial charge in [-0.2, -0.15) is 4.57 Å². The van der Waals surface area contributed by atoms with E-state index in [-0.39, 0.29) is 21.8 Å². The van der Waals surface area contributed by atoms with Crippen LogP contribution in [0.15, 0.2) is 49.0 Å². The molecule has 0 amide bonds. The van der Waals surface area contributed by atoms with E-state index >= 15 is 0 Å². The van der Waals surface area contributed by atoms with Gasteiger partial charge < -0.3 is 0 Å². The fraction of sp³-hybridized carbons (Fsp3) is 0.528. The molecule has 0 saturated heterocycles. The molecule has 0 bridgehead atoms. The van der Waals surface area contributed by atoms with Crippen LogP contribution in [0.5, 0.6) is 0 Å². The van der Waals surface area contributed by atoms with E-state index in [1.165, 1.54) is 64.5 Å². The third-order valence-electron chi connectivity index (χ3n) is 11.5. The Morgan fingerprint density at radius 1 is 0.838 bits per heavy atom. The lowest BCUT2D eigenvalue weighted by molar-refractivity contribution is -0.718. The molecule has 1 aromatic heterocycles. The number of nitrogens with zero attached hydrogens (tertiary/aromatic N) is 1. The van der Waals surface area contributed by atoms with Crippen molar-refractivity contribution >= 4 is 16.5 Å². The molecule has 0 fully saturated rings. The minimum absolute atomic E-state index is 0.0897. The number of fused-ring (bicyclic) bond motifs is 6. The van der Waals surface area contributed by atoms with E-state index in [1.807, 2.05) is 0 Å². The van der Waals surface area contributed by atoms with Gasteiger partial charge in [-0.05, 0) is 64.5 Å². The van der Waals surface area contributed by atoms with E-state index in [0.717, 1.165) is 12.8 Å². The molecule has 1 aliphatic heterocycles. The van der Waals surface area contributed by atoms with Crippen molar-refractivity contribution in [2.45, 2.75) is 117 Å².